The van der Waals surface area contributed by atoms with Gasteiger partial charge in [0.15, 0.2) is 12.4 Å². The molecule has 11 heteroatoms. The Morgan fingerprint density at radius 3 is 2.74 bits per heavy atom. The van der Waals surface area contributed by atoms with Crippen molar-refractivity contribution in [2.75, 3.05) is 32.9 Å². The zero-order valence-corrected chi connectivity index (χ0v) is 22.9. The number of halogens is 3. The quantitative estimate of drug-likeness (QED) is 0.357. The number of aryl methyl sites for hydroxylation is 1. The maximum absolute atomic E-state index is 13.2. The second-order valence-corrected chi connectivity index (χ2v) is 10.1. The molecule has 184 valence electrons. The molecule has 1 amide bonds. The third-order valence-corrected chi connectivity index (χ3v) is 6.76. The molecule has 1 saturated heterocycles. The van der Waals surface area contributed by atoms with Gasteiger partial charge >= 0.3 is 0 Å². The number of nitrogens with zero attached hydrogens (tertiary/aromatic N) is 4. The average Bonchev–Trinajstić information content (AvgIpc) is 2.84. The molecule has 1 aliphatic heterocycles. The lowest BCUT2D eigenvalue weighted by atomic mass is 10.2. The topological polar surface area (TPSA) is 86.0 Å². The summed E-state index contributed by atoms with van der Waals surface area (Å²) in [5.41, 5.74) is 1.03. The van der Waals surface area contributed by atoms with Crippen molar-refractivity contribution in [3.63, 3.8) is 0 Å². The first kappa shape index (κ1) is 25.8. The van der Waals surface area contributed by atoms with Gasteiger partial charge in [0.25, 0.3) is 11.5 Å². The minimum Gasteiger partial charge on any atom is -0.481 e. The summed E-state index contributed by atoms with van der Waals surface area (Å²) in [4.78, 5) is 31.9. The Morgan fingerprint density at radius 1 is 1.26 bits per heavy atom. The van der Waals surface area contributed by atoms with Crippen LogP contribution in [-0.4, -0.2) is 59.6 Å². The van der Waals surface area contributed by atoms with Gasteiger partial charge in [-0.15, -0.1) is 0 Å². The molecule has 0 N–H and O–H groups in total. The highest BCUT2D eigenvalue weighted by Gasteiger charge is 2.19. The van der Waals surface area contributed by atoms with Crippen LogP contribution in [0.4, 0.5) is 0 Å². The lowest BCUT2D eigenvalue weighted by Gasteiger charge is -2.26. The summed E-state index contributed by atoms with van der Waals surface area (Å²) in [6, 6.07) is 8.84. The van der Waals surface area contributed by atoms with Crippen molar-refractivity contribution in [1.29, 1.82) is 0 Å². The van der Waals surface area contributed by atoms with E-state index in [1.54, 1.807) is 29.3 Å². The van der Waals surface area contributed by atoms with E-state index in [4.69, 9.17) is 21.1 Å². The number of morpholine rings is 1. The van der Waals surface area contributed by atoms with E-state index in [-0.39, 0.29) is 18.1 Å². The molecule has 0 atom stereocenters. The highest BCUT2D eigenvalue weighted by Crippen LogP contribution is 2.34. The number of amides is 1. The van der Waals surface area contributed by atoms with E-state index in [1.165, 1.54) is 4.68 Å². The lowest BCUT2D eigenvalue weighted by molar-refractivity contribution is -0.137. The Labute approximate surface area is 224 Å². The first-order valence-corrected chi connectivity index (χ1v) is 13.1. The molecule has 2 heterocycles. The number of benzene rings is 2. The predicted molar refractivity (Wildman–Crippen MR) is 143 cm³/mol. The zero-order chi connectivity index (χ0) is 24.9. The van der Waals surface area contributed by atoms with Gasteiger partial charge in [0.2, 0.25) is 0 Å². The molecule has 8 nitrogen and oxygen atoms in total. The maximum atomic E-state index is 13.2. The molecule has 2 aromatic carbocycles. The van der Waals surface area contributed by atoms with Crippen LogP contribution in [0.5, 0.6) is 5.75 Å². The fourth-order valence-corrected chi connectivity index (χ4v) is 5.00. The summed E-state index contributed by atoms with van der Waals surface area (Å²) in [5, 5.41) is 5.22. The Bertz CT molecular complexity index is 1320. The number of carbonyl (C=O) groups excluding carboxylic acids is 1. The van der Waals surface area contributed by atoms with Crippen molar-refractivity contribution in [2.24, 2.45) is 5.10 Å². The molecule has 0 unspecified atom stereocenters. The summed E-state index contributed by atoms with van der Waals surface area (Å²) in [5.74, 6) is 0.821. The fraction of sp³-hybridized carbons (Fsp3) is 0.333. The highest BCUT2D eigenvalue weighted by atomic mass is 79.9. The molecule has 0 bridgehead atoms. The number of fused-ring (bicyclic) bond motifs is 1. The Hall–Kier alpha value is -2.27. The third kappa shape index (κ3) is 6.11. The number of rotatable bonds is 7. The van der Waals surface area contributed by atoms with Crippen molar-refractivity contribution in [1.82, 2.24) is 14.6 Å². The van der Waals surface area contributed by atoms with Crippen LogP contribution in [0.1, 0.15) is 24.7 Å². The van der Waals surface area contributed by atoms with Crippen molar-refractivity contribution in [3.8, 4) is 5.75 Å². The van der Waals surface area contributed by atoms with Crippen LogP contribution in [0.25, 0.3) is 10.9 Å². The molecule has 1 fully saturated rings. The summed E-state index contributed by atoms with van der Waals surface area (Å²) >= 11 is 13.3. The van der Waals surface area contributed by atoms with E-state index in [2.05, 4.69) is 41.9 Å². The van der Waals surface area contributed by atoms with E-state index in [0.29, 0.717) is 70.3 Å². The van der Waals surface area contributed by atoms with Gasteiger partial charge in [-0.1, -0.05) is 34.5 Å². The van der Waals surface area contributed by atoms with Crippen molar-refractivity contribution < 1.29 is 14.3 Å². The smallest absolute Gasteiger partial charge is 0.282 e. The van der Waals surface area contributed by atoms with E-state index in [0.717, 1.165) is 10.9 Å². The van der Waals surface area contributed by atoms with Crippen LogP contribution < -0.4 is 10.3 Å². The van der Waals surface area contributed by atoms with Gasteiger partial charge in [-0.3, -0.25) is 9.59 Å². The summed E-state index contributed by atoms with van der Waals surface area (Å²) < 4.78 is 13.7. The summed E-state index contributed by atoms with van der Waals surface area (Å²) in [6.45, 7) is 4.04. The molecule has 1 aromatic heterocycles. The van der Waals surface area contributed by atoms with E-state index in [1.807, 2.05) is 19.1 Å². The van der Waals surface area contributed by atoms with Crippen LogP contribution in [-0.2, 0) is 16.0 Å². The Morgan fingerprint density at radius 2 is 2.03 bits per heavy atom. The monoisotopic (exact) mass is 624 g/mol. The first-order chi connectivity index (χ1) is 16.9. The minimum absolute atomic E-state index is 0.125. The largest absolute Gasteiger partial charge is 0.481 e. The average molecular weight is 627 g/mol. The summed E-state index contributed by atoms with van der Waals surface area (Å²) in [6.07, 6.45) is 2.97. The Kier molecular flexibility index (Phi) is 8.59. The molecule has 0 radical (unpaired) electrons. The lowest BCUT2D eigenvalue weighted by Crippen LogP contribution is -2.43. The predicted octanol–water partition coefficient (Wildman–Crippen LogP) is 4.65. The molecular formula is C24H23Br2ClN4O4. The van der Waals surface area contributed by atoms with E-state index < -0.39 is 0 Å². The van der Waals surface area contributed by atoms with Gasteiger partial charge in [0.1, 0.15) is 5.82 Å². The number of carbonyl (C=O) groups is 1. The molecule has 0 spiro atoms. The molecular weight excluding hydrogens is 604 g/mol. The molecule has 4 rings (SSSR count). The second kappa shape index (κ2) is 11.6. The fourth-order valence-electron chi connectivity index (χ4n) is 3.65. The highest BCUT2D eigenvalue weighted by molar-refractivity contribution is 9.10. The van der Waals surface area contributed by atoms with E-state index in [9.17, 15) is 9.59 Å². The first-order valence-electron chi connectivity index (χ1n) is 11.1. The van der Waals surface area contributed by atoms with Gasteiger partial charge in [-0.25, -0.2) is 4.98 Å². The van der Waals surface area contributed by atoms with Crippen molar-refractivity contribution in [2.45, 2.75) is 19.8 Å². The number of ether oxygens (including phenoxy) is 2. The maximum Gasteiger partial charge on any atom is 0.282 e. The minimum atomic E-state index is -0.247. The standard InChI is InChI=1S/C24H23Br2ClN4O4/c1-2-3-21-29-20-5-4-16(25)12-17(20)24(33)31(21)28-13-15-10-18(26)23(19(27)11-15)35-14-22(32)30-6-8-34-9-7-30/h4-5,10-13H,2-3,6-9,14H2,1H3. The van der Waals surface area contributed by atoms with Gasteiger partial charge < -0.3 is 14.4 Å². The third-order valence-electron chi connectivity index (χ3n) is 5.40. The zero-order valence-electron chi connectivity index (χ0n) is 19.0. The van der Waals surface area contributed by atoms with Crippen LogP contribution in [0.3, 0.4) is 0 Å². The van der Waals surface area contributed by atoms with Gasteiger partial charge in [0, 0.05) is 24.0 Å². The SMILES string of the molecule is CCCc1nc2ccc(Br)cc2c(=O)n1N=Cc1cc(Cl)c(OCC(=O)N2CCOCC2)c(Br)c1. The molecule has 0 saturated carbocycles. The molecule has 3 aromatic rings. The van der Waals surface area contributed by atoms with Crippen molar-refractivity contribution >= 4 is 66.5 Å². The van der Waals surface area contributed by atoms with Crippen LogP contribution >= 0.6 is 43.5 Å². The number of hydrogen-bond acceptors (Lipinski definition) is 6. The molecule has 35 heavy (non-hydrogen) atoms. The van der Waals surface area contributed by atoms with Crippen LogP contribution in [0.2, 0.25) is 5.02 Å². The van der Waals surface area contributed by atoms with Gasteiger partial charge in [-0.2, -0.15) is 9.78 Å². The van der Waals surface area contributed by atoms with E-state index >= 15 is 0 Å². The Balaban J connectivity index is 1.57. The second-order valence-electron chi connectivity index (χ2n) is 7.90. The van der Waals surface area contributed by atoms with Gasteiger partial charge in [-0.05, 0) is 58.2 Å². The number of aromatic nitrogens is 2. The molecule has 1 aliphatic rings. The number of hydrogen-bond donors (Lipinski definition) is 0. The normalized spacial score (nSPS) is 14.1. The summed E-state index contributed by atoms with van der Waals surface area (Å²) in [7, 11) is 0. The molecule has 0 aliphatic carbocycles. The van der Waals surface area contributed by atoms with Crippen molar-refractivity contribution in [3.05, 3.63) is 66.0 Å². The van der Waals surface area contributed by atoms with Gasteiger partial charge in [0.05, 0.1) is 39.8 Å². The van der Waals surface area contributed by atoms with Crippen LogP contribution in [0, 0.1) is 0 Å². The van der Waals surface area contributed by atoms with Crippen LogP contribution in [0.15, 0.2) is 49.2 Å².